The molecular weight excluding hydrogens is 360 g/mol. The van der Waals surface area contributed by atoms with Crippen LogP contribution in [0.25, 0.3) is 10.9 Å². The van der Waals surface area contributed by atoms with Gasteiger partial charge in [0.1, 0.15) is 0 Å². The highest BCUT2D eigenvalue weighted by molar-refractivity contribution is 5.85. The minimum Gasteiger partial charge on any atom is -0.385 e. The number of likely N-dealkylation sites (tertiary alicyclic amines) is 1. The van der Waals surface area contributed by atoms with E-state index in [1.54, 1.807) is 0 Å². The number of carbonyl (C=O) groups excluding carboxylic acids is 1. The van der Waals surface area contributed by atoms with E-state index in [9.17, 15) is 9.90 Å². The third kappa shape index (κ3) is 3.95. The van der Waals surface area contributed by atoms with Gasteiger partial charge in [0.05, 0.1) is 5.60 Å². The summed E-state index contributed by atoms with van der Waals surface area (Å²) in [6.45, 7) is 5.40. The number of nitrogens with one attached hydrogen (secondary N) is 1. The molecule has 0 aliphatic carbocycles. The van der Waals surface area contributed by atoms with Crippen LogP contribution in [0.3, 0.4) is 0 Å². The van der Waals surface area contributed by atoms with Crippen LogP contribution in [0.1, 0.15) is 55.2 Å². The van der Waals surface area contributed by atoms with Crippen molar-refractivity contribution in [1.82, 2.24) is 9.88 Å². The Morgan fingerprint density at radius 2 is 1.83 bits per heavy atom. The molecule has 0 saturated carbocycles. The quantitative estimate of drug-likeness (QED) is 0.653. The van der Waals surface area contributed by atoms with Crippen LogP contribution in [-0.2, 0) is 10.4 Å². The summed E-state index contributed by atoms with van der Waals surface area (Å²) in [6, 6.07) is 16.4. The molecule has 0 unspecified atom stereocenters. The minimum atomic E-state index is -0.828. The summed E-state index contributed by atoms with van der Waals surface area (Å²) < 4.78 is 0. The lowest BCUT2D eigenvalue weighted by Crippen LogP contribution is -2.45. The maximum absolute atomic E-state index is 13.0. The first-order valence-corrected chi connectivity index (χ1v) is 10.6. The van der Waals surface area contributed by atoms with Gasteiger partial charge >= 0.3 is 0 Å². The largest absolute Gasteiger partial charge is 0.385 e. The molecule has 4 heteroatoms. The number of nitrogens with zero attached hydrogens (tertiary/aromatic N) is 1. The van der Waals surface area contributed by atoms with Crippen molar-refractivity contribution in [3.63, 3.8) is 0 Å². The molecule has 2 N–H and O–H groups in total. The molecule has 152 valence electrons. The first kappa shape index (κ1) is 19.7. The fraction of sp³-hybridized carbons (Fsp3) is 0.400. The van der Waals surface area contributed by atoms with Gasteiger partial charge in [-0.05, 0) is 49.3 Å². The smallest absolute Gasteiger partial charge is 0.223 e. The van der Waals surface area contributed by atoms with Crippen LogP contribution in [-0.4, -0.2) is 34.0 Å². The molecule has 1 aromatic heterocycles. The highest BCUT2D eigenvalue weighted by Crippen LogP contribution is 2.35. The number of hydrogen-bond donors (Lipinski definition) is 2. The minimum absolute atomic E-state index is 0.188. The lowest BCUT2D eigenvalue weighted by molar-refractivity contribution is -0.136. The molecule has 2 heterocycles. The summed E-state index contributed by atoms with van der Waals surface area (Å²) in [6.07, 6.45) is 4.67. The second kappa shape index (κ2) is 8.03. The Balaban J connectivity index is 1.42. The number of amides is 1. The maximum Gasteiger partial charge on any atom is 0.223 e. The number of aromatic nitrogens is 1. The van der Waals surface area contributed by atoms with Crippen LogP contribution < -0.4 is 0 Å². The molecule has 1 fully saturated rings. The Labute approximate surface area is 172 Å². The van der Waals surface area contributed by atoms with Crippen LogP contribution in [0.5, 0.6) is 0 Å². The molecule has 2 aromatic carbocycles. The van der Waals surface area contributed by atoms with Gasteiger partial charge in [-0.2, -0.15) is 0 Å². The summed E-state index contributed by atoms with van der Waals surface area (Å²) in [5.74, 6) is 0.393. The molecular formula is C25H30N2O2. The zero-order valence-corrected chi connectivity index (χ0v) is 17.3. The van der Waals surface area contributed by atoms with Crippen molar-refractivity contribution in [2.45, 2.75) is 51.0 Å². The molecule has 4 nitrogen and oxygen atoms in total. The Bertz CT molecular complexity index is 981. The van der Waals surface area contributed by atoms with Crippen molar-refractivity contribution in [2.75, 3.05) is 13.1 Å². The predicted molar refractivity (Wildman–Crippen MR) is 117 cm³/mol. The molecule has 4 rings (SSSR count). The number of aromatic amines is 1. The third-order valence-corrected chi connectivity index (χ3v) is 6.51. The van der Waals surface area contributed by atoms with Gasteiger partial charge in [0.2, 0.25) is 5.91 Å². The Kier molecular flexibility index (Phi) is 5.46. The molecule has 29 heavy (non-hydrogen) atoms. The number of aryl methyl sites for hydroxylation is 1. The highest BCUT2D eigenvalue weighted by Gasteiger charge is 2.35. The summed E-state index contributed by atoms with van der Waals surface area (Å²) in [4.78, 5) is 18.3. The van der Waals surface area contributed by atoms with Gasteiger partial charge in [-0.3, -0.25) is 4.79 Å². The van der Waals surface area contributed by atoms with Crippen molar-refractivity contribution >= 4 is 16.8 Å². The van der Waals surface area contributed by atoms with E-state index in [4.69, 9.17) is 0 Å². The molecule has 0 radical (unpaired) electrons. The molecule has 0 bridgehead atoms. The Morgan fingerprint density at radius 1 is 1.14 bits per heavy atom. The zero-order chi connectivity index (χ0) is 20.4. The average molecular weight is 391 g/mol. The van der Waals surface area contributed by atoms with E-state index >= 15 is 0 Å². The fourth-order valence-electron chi connectivity index (χ4n) is 4.52. The first-order chi connectivity index (χ1) is 14.0. The van der Waals surface area contributed by atoms with Crippen molar-refractivity contribution in [2.24, 2.45) is 0 Å². The zero-order valence-electron chi connectivity index (χ0n) is 17.3. The van der Waals surface area contributed by atoms with E-state index in [1.165, 1.54) is 16.5 Å². The van der Waals surface area contributed by atoms with Gasteiger partial charge < -0.3 is 15.0 Å². The van der Waals surface area contributed by atoms with E-state index in [0.717, 1.165) is 17.5 Å². The van der Waals surface area contributed by atoms with Gasteiger partial charge in [-0.25, -0.2) is 0 Å². The van der Waals surface area contributed by atoms with E-state index in [-0.39, 0.29) is 11.8 Å². The van der Waals surface area contributed by atoms with Gasteiger partial charge in [-0.15, -0.1) is 0 Å². The number of aliphatic hydroxyl groups is 1. The maximum atomic E-state index is 13.0. The highest BCUT2D eigenvalue weighted by atomic mass is 16.3. The second-order valence-electron chi connectivity index (χ2n) is 8.38. The van der Waals surface area contributed by atoms with Crippen molar-refractivity contribution in [3.05, 3.63) is 71.4 Å². The molecule has 1 amide bonds. The van der Waals surface area contributed by atoms with Gasteiger partial charge in [-0.1, -0.05) is 55.0 Å². The number of fused-ring (bicyclic) bond motifs is 1. The number of rotatable bonds is 5. The Morgan fingerprint density at radius 3 is 2.52 bits per heavy atom. The number of carbonyl (C=O) groups is 1. The summed E-state index contributed by atoms with van der Waals surface area (Å²) in [5.41, 5.74) is 3.67. The van der Waals surface area contributed by atoms with Gasteiger partial charge in [0.25, 0.3) is 0 Å². The number of piperidine rings is 1. The van der Waals surface area contributed by atoms with E-state index in [0.29, 0.717) is 32.4 Å². The van der Waals surface area contributed by atoms with Crippen LogP contribution in [0, 0.1) is 6.92 Å². The molecule has 0 spiro atoms. The van der Waals surface area contributed by atoms with Gasteiger partial charge in [0.15, 0.2) is 0 Å². The standard InChI is InChI=1S/C25H30N2O2/c1-3-19(22-17-26-23-7-5-4-6-21(22)23)16-24(28)27-14-12-25(29,13-15-27)20-10-8-18(2)9-11-20/h4-11,17,19,26,29H,3,12-16H2,1-2H3/t19-/m1/s1. The lowest BCUT2D eigenvalue weighted by Gasteiger charge is -2.39. The first-order valence-electron chi connectivity index (χ1n) is 10.6. The SMILES string of the molecule is CC[C@H](CC(=O)N1CCC(O)(c2ccc(C)cc2)CC1)c1c[nH]c2ccccc12. The number of hydrogen-bond acceptors (Lipinski definition) is 2. The van der Waals surface area contributed by atoms with Crippen LogP contribution in [0.2, 0.25) is 0 Å². The molecule has 1 atom stereocenters. The number of benzene rings is 2. The second-order valence-corrected chi connectivity index (χ2v) is 8.38. The van der Waals surface area contributed by atoms with E-state index < -0.39 is 5.60 Å². The predicted octanol–water partition coefficient (Wildman–Crippen LogP) is 4.87. The molecule has 1 aliphatic heterocycles. The topological polar surface area (TPSA) is 56.3 Å². The number of para-hydroxylation sites is 1. The third-order valence-electron chi connectivity index (χ3n) is 6.51. The normalized spacial score (nSPS) is 17.4. The van der Waals surface area contributed by atoms with Crippen LogP contribution >= 0.6 is 0 Å². The van der Waals surface area contributed by atoms with Crippen LogP contribution in [0.4, 0.5) is 0 Å². The average Bonchev–Trinajstić information content (AvgIpc) is 3.17. The summed E-state index contributed by atoms with van der Waals surface area (Å²) in [5, 5.41) is 12.3. The Hall–Kier alpha value is -2.59. The fourth-order valence-corrected chi connectivity index (χ4v) is 4.52. The van der Waals surface area contributed by atoms with E-state index in [1.807, 2.05) is 48.2 Å². The van der Waals surface area contributed by atoms with Crippen molar-refractivity contribution in [1.29, 1.82) is 0 Å². The lowest BCUT2D eigenvalue weighted by atomic mass is 9.83. The van der Waals surface area contributed by atoms with E-state index in [2.05, 4.69) is 30.2 Å². The van der Waals surface area contributed by atoms with Crippen LogP contribution in [0.15, 0.2) is 54.7 Å². The van der Waals surface area contributed by atoms with Crippen molar-refractivity contribution < 1.29 is 9.90 Å². The summed E-state index contributed by atoms with van der Waals surface area (Å²) >= 11 is 0. The monoisotopic (exact) mass is 390 g/mol. The summed E-state index contributed by atoms with van der Waals surface area (Å²) in [7, 11) is 0. The molecule has 3 aromatic rings. The number of H-pyrrole nitrogens is 1. The van der Waals surface area contributed by atoms with Gasteiger partial charge in [0, 0.05) is 36.6 Å². The molecule has 1 aliphatic rings. The van der Waals surface area contributed by atoms with Crippen molar-refractivity contribution in [3.8, 4) is 0 Å². The molecule has 1 saturated heterocycles.